The Morgan fingerprint density at radius 2 is 1.69 bits per heavy atom. The van der Waals surface area contributed by atoms with E-state index < -0.39 is 5.72 Å². The molecule has 0 amide bonds. The summed E-state index contributed by atoms with van der Waals surface area (Å²) in [6.07, 6.45) is 0. The summed E-state index contributed by atoms with van der Waals surface area (Å²) in [5, 5.41) is 12.1. The Kier molecular flexibility index (Phi) is 4.36. The second-order valence-electron chi connectivity index (χ2n) is 4.95. The number of rotatable bonds is 4. The molecule has 2 N–H and O–H groups in total. The molecular formula is C10H23NO2. The van der Waals surface area contributed by atoms with Gasteiger partial charge in [0.15, 0.2) is 0 Å². The van der Waals surface area contributed by atoms with E-state index in [1.807, 2.05) is 41.5 Å². The number of aliphatic hydroxyl groups excluding tert-OH is 1. The zero-order chi connectivity index (χ0) is 10.7. The standard InChI is InChI=1S/C10H23NO2/c1-8(7-12)11-10(5,6)13-9(2,3)4/h8,11-12H,7H2,1-6H3. The van der Waals surface area contributed by atoms with E-state index in [2.05, 4.69) is 5.32 Å². The Labute approximate surface area is 81.5 Å². The summed E-state index contributed by atoms with van der Waals surface area (Å²) in [5.74, 6) is 0. The van der Waals surface area contributed by atoms with Gasteiger partial charge in [-0.15, -0.1) is 0 Å². The third-order valence-electron chi connectivity index (χ3n) is 1.43. The number of hydrogen-bond donors (Lipinski definition) is 2. The van der Waals surface area contributed by atoms with Crippen LogP contribution in [0.15, 0.2) is 0 Å². The summed E-state index contributed by atoms with van der Waals surface area (Å²) in [6, 6.07) is 0.0531. The van der Waals surface area contributed by atoms with Gasteiger partial charge in [-0.2, -0.15) is 0 Å². The molecule has 0 aromatic carbocycles. The van der Waals surface area contributed by atoms with Crippen LogP contribution in [-0.4, -0.2) is 29.1 Å². The first-order chi connectivity index (χ1) is 5.66. The molecule has 0 radical (unpaired) electrons. The Balaban J connectivity index is 4.08. The van der Waals surface area contributed by atoms with Gasteiger partial charge in [-0.1, -0.05) is 0 Å². The van der Waals surface area contributed by atoms with Gasteiger partial charge in [0.25, 0.3) is 0 Å². The van der Waals surface area contributed by atoms with E-state index in [0.717, 1.165) is 0 Å². The summed E-state index contributed by atoms with van der Waals surface area (Å²) in [5.41, 5.74) is -0.577. The summed E-state index contributed by atoms with van der Waals surface area (Å²) >= 11 is 0. The molecule has 0 heterocycles. The molecule has 80 valence electrons. The van der Waals surface area contributed by atoms with Gasteiger partial charge in [-0.25, -0.2) is 0 Å². The van der Waals surface area contributed by atoms with Gasteiger partial charge in [0.05, 0.1) is 12.2 Å². The minimum absolute atomic E-state index is 0.0531. The fourth-order valence-electron chi connectivity index (χ4n) is 1.43. The van der Waals surface area contributed by atoms with Crippen LogP contribution in [0.5, 0.6) is 0 Å². The summed E-state index contributed by atoms with van der Waals surface area (Å²) < 4.78 is 5.78. The molecule has 0 bridgehead atoms. The summed E-state index contributed by atoms with van der Waals surface area (Å²) in [6.45, 7) is 12.0. The molecule has 0 spiro atoms. The quantitative estimate of drug-likeness (QED) is 0.659. The second-order valence-corrected chi connectivity index (χ2v) is 4.95. The largest absolute Gasteiger partial charge is 0.395 e. The maximum absolute atomic E-state index is 8.88. The molecule has 1 atom stereocenters. The molecule has 0 aliphatic rings. The highest BCUT2D eigenvalue weighted by Crippen LogP contribution is 2.17. The highest BCUT2D eigenvalue weighted by molar-refractivity contribution is 4.75. The molecular weight excluding hydrogens is 166 g/mol. The lowest BCUT2D eigenvalue weighted by molar-refractivity contribution is -0.135. The van der Waals surface area contributed by atoms with Crippen molar-refractivity contribution in [3.63, 3.8) is 0 Å². The lowest BCUT2D eigenvalue weighted by Crippen LogP contribution is -2.51. The minimum atomic E-state index is -0.402. The van der Waals surface area contributed by atoms with Gasteiger partial charge in [0, 0.05) is 6.04 Å². The average Bonchev–Trinajstić information content (AvgIpc) is 1.80. The van der Waals surface area contributed by atoms with Crippen LogP contribution in [0.2, 0.25) is 0 Å². The lowest BCUT2D eigenvalue weighted by Gasteiger charge is -2.36. The van der Waals surface area contributed by atoms with Gasteiger partial charge in [-0.05, 0) is 41.5 Å². The van der Waals surface area contributed by atoms with Gasteiger partial charge in [-0.3, -0.25) is 5.32 Å². The Morgan fingerprint density at radius 1 is 1.23 bits per heavy atom. The Morgan fingerprint density at radius 3 is 2.00 bits per heavy atom. The summed E-state index contributed by atoms with van der Waals surface area (Å²) in [4.78, 5) is 0. The fraction of sp³-hybridized carbons (Fsp3) is 1.00. The molecule has 0 aliphatic heterocycles. The maximum atomic E-state index is 8.88. The zero-order valence-electron chi connectivity index (χ0n) is 9.64. The zero-order valence-corrected chi connectivity index (χ0v) is 9.64. The average molecular weight is 189 g/mol. The van der Waals surface area contributed by atoms with Crippen molar-refractivity contribution in [1.29, 1.82) is 0 Å². The first kappa shape index (κ1) is 12.9. The van der Waals surface area contributed by atoms with Crippen LogP contribution >= 0.6 is 0 Å². The van der Waals surface area contributed by atoms with Crippen LogP contribution in [0.4, 0.5) is 0 Å². The molecule has 3 nitrogen and oxygen atoms in total. The van der Waals surface area contributed by atoms with E-state index in [4.69, 9.17) is 9.84 Å². The Hall–Kier alpha value is -0.120. The van der Waals surface area contributed by atoms with Crippen LogP contribution < -0.4 is 5.32 Å². The van der Waals surface area contributed by atoms with Crippen molar-refractivity contribution in [2.45, 2.75) is 58.9 Å². The predicted octanol–water partition coefficient (Wildman–Crippen LogP) is 1.51. The Bertz CT molecular complexity index is 149. The highest BCUT2D eigenvalue weighted by Gasteiger charge is 2.26. The number of aliphatic hydroxyl groups is 1. The lowest BCUT2D eigenvalue weighted by atomic mass is 10.1. The minimum Gasteiger partial charge on any atom is -0.395 e. The van der Waals surface area contributed by atoms with Gasteiger partial charge >= 0.3 is 0 Å². The van der Waals surface area contributed by atoms with E-state index in [9.17, 15) is 0 Å². The van der Waals surface area contributed by atoms with Crippen molar-refractivity contribution in [1.82, 2.24) is 5.32 Å². The third kappa shape index (κ3) is 6.99. The molecule has 13 heavy (non-hydrogen) atoms. The topological polar surface area (TPSA) is 41.5 Å². The monoisotopic (exact) mass is 189 g/mol. The molecule has 3 heteroatoms. The van der Waals surface area contributed by atoms with E-state index in [1.165, 1.54) is 0 Å². The van der Waals surface area contributed by atoms with Crippen LogP contribution in [0.25, 0.3) is 0 Å². The maximum Gasteiger partial charge on any atom is 0.114 e. The van der Waals surface area contributed by atoms with Gasteiger partial charge in [0.2, 0.25) is 0 Å². The van der Waals surface area contributed by atoms with Crippen LogP contribution in [0, 0.1) is 0 Å². The van der Waals surface area contributed by atoms with Crippen molar-refractivity contribution in [3.8, 4) is 0 Å². The van der Waals surface area contributed by atoms with Crippen LogP contribution in [0.3, 0.4) is 0 Å². The molecule has 0 aromatic rings. The molecule has 0 saturated carbocycles. The van der Waals surface area contributed by atoms with Gasteiger partial charge in [0.1, 0.15) is 5.72 Å². The second kappa shape index (κ2) is 4.40. The van der Waals surface area contributed by atoms with Crippen molar-refractivity contribution in [2.75, 3.05) is 6.61 Å². The third-order valence-corrected chi connectivity index (χ3v) is 1.43. The molecule has 1 unspecified atom stereocenters. The van der Waals surface area contributed by atoms with Crippen molar-refractivity contribution in [3.05, 3.63) is 0 Å². The van der Waals surface area contributed by atoms with E-state index in [1.54, 1.807) is 0 Å². The van der Waals surface area contributed by atoms with Crippen molar-refractivity contribution >= 4 is 0 Å². The first-order valence-corrected chi connectivity index (χ1v) is 4.75. The first-order valence-electron chi connectivity index (χ1n) is 4.75. The smallest absolute Gasteiger partial charge is 0.114 e. The highest BCUT2D eigenvalue weighted by atomic mass is 16.5. The number of hydrogen-bond acceptors (Lipinski definition) is 3. The molecule has 0 saturated heterocycles. The fourth-order valence-corrected chi connectivity index (χ4v) is 1.43. The SMILES string of the molecule is CC(CO)NC(C)(C)OC(C)(C)C. The number of ether oxygens (including phenoxy) is 1. The van der Waals surface area contributed by atoms with Crippen molar-refractivity contribution < 1.29 is 9.84 Å². The van der Waals surface area contributed by atoms with E-state index in [0.29, 0.717) is 0 Å². The predicted molar refractivity (Wildman–Crippen MR) is 54.6 cm³/mol. The van der Waals surface area contributed by atoms with Crippen molar-refractivity contribution in [2.24, 2.45) is 0 Å². The molecule has 0 fully saturated rings. The normalized spacial score (nSPS) is 15.9. The molecule has 0 aromatic heterocycles. The summed E-state index contributed by atoms with van der Waals surface area (Å²) in [7, 11) is 0. The molecule has 0 aliphatic carbocycles. The van der Waals surface area contributed by atoms with E-state index >= 15 is 0 Å². The number of nitrogens with one attached hydrogen (secondary N) is 1. The van der Waals surface area contributed by atoms with Crippen LogP contribution in [-0.2, 0) is 4.74 Å². The molecule has 0 rings (SSSR count). The van der Waals surface area contributed by atoms with Crippen LogP contribution in [0.1, 0.15) is 41.5 Å². The van der Waals surface area contributed by atoms with Gasteiger partial charge < -0.3 is 9.84 Å². The van der Waals surface area contributed by atoms with E-state index in [-0.39, 0.29) is 18.2 Å².